The molecule has 2 N–H and O–H groups in total. The van der Waals surface area contributed by atoms with E-state index >= 15 is 0 Å². The van der Waals surface area contributed by atoms with Gasteiger partial charge in [-0.25, -0.2) is 0 Å². The standard InChI is InChI=1S/C21H20ClNO/c22-19-14-8-7-13-18(19)15-23-20(16-9-3-1-4-10-16)21(24)17-11-5-2-6-12-17/h1-14,20-21,23-24H,15H2. The van der Waals surface area contributed by atoms with Crippen molar-refractivity contribution in [1.29, 1.82) is 0 Å². The van der Waals surface area contributed by atoms with Crippen molar-refractivity contribution < 1.29 is 5.11 Å². The Morgan fingerprint density at radius 2 is 1.29 bits per heavy atom. The lowest BCUT2D eigenvalue weighted by Gasteiger charge is -2.25. The quantitative estimate of drug-likeness (QED) is 0.670. The van der Waals surface area contributed by atoms with Crippen molar-refractivity contribution >= 4 is 11.6 Å². The Bertz CT molecular complexity index is 761. The molecule has 0 aromatic heterocycles. The first-order chi connectivity index (χ1) is 11.8. The van der Waals surface area contributed by atoms with Crippen LogP contribution in [0.4, 0.5) is 0 Å². The van der Waals surface area contributed by atoms with E-state index in [4.69, 9.17) is 11.6 Å². The van der Waals surface area contributed by atoms with Gasteiger partial charge in [0.15, 0.2) is 0 Å². The Morgan fingerprint density at radius 1 is 0.750 bits per heavy atom. The van der Waals surface area contributed by atoms with Crippen LogP contribution in [0, 0.1) is 0 Å². The normalized spacial score (nSPS) is 13.4. The molecule has 0 saturated carbocycles. The lowest BCUT2D eigenvalue weighted by Crippen LogP contribution is -2.27. The number of aliphatic hydroxyl groups is 1. The average Bonchev–Trinajstić information content (AvgIpc) is 2.65. The third-order valence-corrected chi connectivity index (χ3v) is 4.45. The number of nitrogens with one attached hydrogen (secondary N) is 1. The van der Waals surface area contributed by atoms with E-state index in [-0.39, 0.29) is 6.04 Å². The number of halogens is 1. The maximum atomic E-state index is 10.9. The van der Waals surface area contributed by atoms with Crippen LogP contribution >= 0.6 is 11.6 Å². The molecule has 2 unspecified atom stereocenters. The number of benzene rings is 3. The number of hydrogen-bond acceptors (Lipinski definition) is 2. The highest BCUT2D eigenvalue weighted by atomic mass is 35.5. The monoisotopic (exact) mass is 337 g/mol. The van der Waals surface area contributed by atoms with Crippen LogP contribution in [-0.4, -0.2) is 5.11 Å². The van der Waals surface area contributed by atoms with Crippen molar-refractivity contribution in [3.05, 3.63) is 107 Å². The van der Waals surface area contributed by atoms with Gasteiger partial charge in [-0.05, 0) is 22.8 Å². The summed E-state index contributed by atoms with van der Waals surface area (Å²) in [5.74, 6) is 0. The van der Waals surface area contributed by atoms with E-state index in [0.29, 0.717) is 6.54 Å². The molecule has 3 aromatic carbocycles. The van der Waals surface area contributed by atoms with Gasteiger partial charge in [-0.15, -0.1) is 0 Å². The largest absolute Gasteiger partial charge is 0.386 e. The van der Waals surface area contributed by atoms with E-state index in [1.54, 1.807) is 0 Å². The third kappa shape index (κ3) is 4.04. The Kier molecular flexibility index (Phi) is 5.65. The maximum absolute atomic E-state index is 10.9. The van der Waals surface area contributed by atoms with Crippen LogP contribution < -0.4 is 5.32 Å². The van der Waals surface area contributed by atoms with Gasteiger partial charge >= 0.3 is 0 Å². The molecule has 0 aliphatic rings. The van der Waals surface area contributed by atoms with Crippen molar-refractivity contribution in [3.63, 3.8) is 0 Å². The Hall–Kier alpha value is -2.13. The van der Waals surface area contributed by atoms with Crippen LogP contribution in [0.2, 0.25) is 5.02 Å². The molecule has 0 radical (unpaired) electrons. The molecular weight excluding hydrogens is 318 g/mol. The van der Waals surface area contributed by atoms with Crippen molar-refractivity contribution in [2.24, 2.45) is 0 Å². The summed E-state index contributed by atoms with van der Waals surface area (Å²) in [5.41, 5.74) is 2.94. The molecule has 0 aliphatic carbocycles. The fourth-order valence-electron chi connectivity index (χ4n) is 2.78. The molecule has 122 valence electrons. The number of hydrogen-bond donors (Lipinski definition) is 2. The molecule has 0 amide bonds. The molecule has 0 heterocycles. The predicted molar refractivity (Wildman–Crippen MR) is 98.9 cm³/mol. The van der Waals surface area contributed by atoms with Gasteiger partial charge in [0.05, 0.1) is 12.1 Å². The molecule has 0 bridgehead atoms. The SMILES string of the molecule is OC(c1ccccc1)C(NCc1ccccc1Cl)c1ccccc1. The second-order valence-electron chi connectivity index (χ2n) is 5.72. The van der Waals surface area contributed by atoms with E-state index in [9.17, 15) is 5.11 Å². The van der Waals surface area contributed by atoms with Gasteiger partial charge in [-0.3, -0.25) is 0 Å². The summed E-state index contributed by atoms with van der Waals surface area (Å²) in [6.45, 7) is 0.586. The first kappa shape index (κ1) is 16.7. The molecular formula is C21H20ClNO. The fraction of sp³-hybridized carbons (Fsp3) is 0.143. The van der Waals surface area contributed by atoms with Crippen molar-refractivity contribution in [3.8, 4) is 0 Å². The summed E-state index contributed by atoms with van der Waals surface area (Å²) in [7, 11) is 0. The van der Waals surface area contributed by atoms with Gasteiger partial charge in [-0.1, -0.05) is 90.5 Å². The van der Waals surface area contributed by atoms with Crippen LogP contribution in [0.3, 0.4) is 0 Å². The smallest absolute Gasteiger partial charge is 0.0984 e. The summed E-state index contributed by atoms with van der Waals surface area (Å²) in [5, 5.41) is 15.1. The van der Waals surface area contributed by atoms with Gasteiger partial charge < -0.3 is 10.4 Å². The van der Waals surface area contributed by atoms with Gasteiger partial charge in [0.2, 0.25) is 0 Å². The molecule has 2 nitrogen and oxygen atoms in total. The molecule has 3 rings (SSSR count). The number of aliphatic hydroxyl groups excluding tert-OH is 1. The van der Waals surface area contributed by atoms with Crippen LogP contribution in [0.15, 0.2) is 84.9 Å². The van der Waals surface area contributed by atoms with E-state index < -0.39 is 6.10 Å². The number of rotatable bonds is 6. The molecule has 3 heteroatoms. The summed E-state index contributed by atoms with van der Waals surface area (Å²) in [4.78, 5) is 0. The first-order valence-corrected chi connectivity index (χ1v) is 8.38. The van der Waals surface area contributed by atoms with Crippen LogP contribution in [-0.2, 0) is 6.54 Å². The molecule has 0 saturated heterocycles. The Morgan fingerprint density at radius 3 is 1.92 bits per heavy atom. The topological polar surface area (TPSA) is 32.3 Å². The van der Waals surface area contributed by atoms with Crippen molar-refractivity contribution in [1.82, 2.24) is 5.32 Å². The predicted octanol–water partition coefficient (Wildman–Crippen LogP) is 4.90. The third-order valence-electron chi connectivity index (χ3n) is 4.09. The van der Waals surface area contributed by atoms with Gasteiger partial charge in [0.1, 0.15) is 0 Å². The van der Waals surface area contributed by atoms with Gasteiger partial charge in [0.25, 0.3) is 0 Å². The minimum atomic E-state index is -0.643. The zero-order valence-corrected chi connectivity index (χ0v) is 14.0. The summed E-state index contributed by atoms with van der Waals surface area (Å²) in [6.07, 6.45) is -0.643. The van der Waals surface area contributed by atoms with Crippen LogP contribution in [0.1, 0.15) is 28.8 Å². The Labute approximate surface area is 147 Å². The average molecular weight is 338 g/mol. The highest BCUT2D eigenvalue weighted by Crippen LogP contribution is 2.29. The zero-order chi connectivity index (χ0) is 16.8. The molecule has 2 atom stereocenters. The summed E-state index contributed by atoms with van der Waals surface area (Å²) >= 11 is 6.25. The van der Waals surface area contributed by atoms with Gasteiger partial charge in [-0.2, -0.15) is 0 Å². The Balaban J connectivity index is 1.84. The maximum Gasteiger partial charge on any atom is 0.0984 e. The second kappa shape index (κ2) is 8.11. The lowest BCUT2D eigenvalue weighted by atomic mass is 9.95. The minimum Gasteiger partial charge on any atom is -0.386 e. The molecule has 3 aromatic rings. The van der Waals surface area contributed by atoms with Crippen molar-refractivity contribution in [2.45, 2.75) is 18.7 Å². The second-order valence-corrected chi connectivity index (χ2v) is 6.12. The van der Waals surface area contributed by atoms with E-state index in [1.807, 2.05) is 84.9 Å². The van der Waals surface area contributed by atoms with Crippen LogP contribution in [0.25, 0.3) is 0 Å². The van der Waals surface area contributed by atoms with Gasteiger partial charge in [0, 0.05) is 11.6 Å². The van der Waals surface area contributed by atoms with E-state index in [2.05, 4.69) is 5.32 Å². The van der Waals surface area contributed by atoms with Crippen LogP contribution in [0.5, 0.6) is 0 Å². The first-order valence-electron chi connectivity index (χ1n) is 8.00. The fourth-order valence-corrected chi connectivity index (χ4v) is 2.98. The molecule has 0 aliphatic heterocycles. The minimum absolute atomic E-state index is 0.218. The molecule has 0 spiro atoms. The summed E-state index contributed by atoms with van der Waals surface area (Å²) in [6, 6.07) is 27.2. The van der Waals surface area contributed by atoms with Crippen molar-refractivity contribution in [2.75, 3.05) is 0 Å². The lowest BCUT2D eigenvalue weighted by molar-refractivity contribution is 0.127. The van der Waals surface area contributed by atoms with E-state index in [1.165, 1.54) is 0 Å². The molecule has 0 fully saturated rings. The summed E-state index contributed by atoms with van der Waals surface area (Å²) < 4.78 is 0. The zero-order valence-electron chi connectivity index (χ0n) is 13.3. The highest BCUT2D eigenvalue weighted by Gasteiger charge is 2.22. The molecule has 24 heavy (non-hydrogen) atoms. The van der Waals surface area contributed by atoms with E-state index in [0.717, 1.165) is 21.7 Å². The highest BCUT2D eigenvalue weighted by molar-refractivity contribution is 6.31.